The van der Waals surface area contributed by atoms with Gasteiger partial charge in [-0.25, -0.2) is 0 Å². The Kier molecular flexibility index (Phi) is 5.71. The fourth-order valence-electron chi connectivity index (χ4n) is 2.97. The number of benzene rings is 2. The first-order valence-electron chi connectivity index (χ1n) is 8.02. The summed E-state index contributed by atoms with van der Waals surface area (Å²) >= 11 is 12.2. The SMILES string of the molecule is COc1c(Cl)cc(Cl)cc1CN[C@@H](Cc1c[nH]c2ccccc12)C(=O)O. The average Bonchev–Trinajstić information content (AvgIpc) is 3.01. The molecule has 0 unspecified atom stereocenters. The normalized spacial score (nSPS) is 12.3. The molecule has 1 heterocycles. The molecule has 136 valence electrons. The van der Waals surface area contributed by atoms with Crippen molar-refractivity contribution in [1.82, 2.24) is 10.3 Å². The molecule has 0 bridgehead atoms. The molecule has 0 aliphatic rings. The predicted octanol–water partition coefficient (Wildman–Crippen LogP) is 4.27. The molecule has 0 aliphatic heterocycles. The summed E-state index contributed by atoms with van der Waals surface area (Å²) in [6.45, 7) is 0.267. The summed E-state index contributed by atoms with van der Waals surface area (Å²) in [5.74, 6) is -0.442. The van der Waals surface area contributed by atoms with Crippen LogP contribution >= 0.6 is 23.2 Å². The lowest BCUT2D eigenvalue weighted by Gasteiger charge is -2.16. The Morgan fingerprint density at radius 3 is 2.77 bits per heavy atom. The minimum absolute atomic E-state index is 0.267. The number of aromatic nitrogens is 1. The number of fused-ring (bicyclic) bond motifs is 1. The van der Waals surface area contributed by atoms with Crippen LogP contribution in [0.3, 0.4) is 0 Å². The van der Waals surface area contributed by atoms with E-state index in [9.17, 15) is 9.90 Å². The van der Waals surface area contributed by atoms with Gasteiger partial charge in [0, 0.05) is 40.7 Å². The monoisotopic (exact) mass is 392 g/mol. The number of carbonyl (C=O) groups is 1. The van der Waals surface area contributed by atoms with Crippen molar-refractivity contribution in [3.05, 3.63) is 63.8 Å². The minimum Gasteiger partial charge on any atom is -0.495 e. The van der Waals surface area contributed by atoms with Crippen LogP contribution in [-0.2, 0) is 17.8 Å². The van der Waals surface area contributed by atoms with Crippen LogP contribution in [0, 0.1) is 0 Å². The number of carboxylic acids is 1. The van der Waals surface area contributed by atoms with Gasteiger partial charge in [0.2, 0.25) is 0 Å². The van der Waals surface area contributed by atoms with Gasteiger partial charge in [0.25, 0.3) is 0 Å². The lowest BCUT2D eigenvalue weighted by Crippen LogP contribution is -2.38. The predicted molar refractivity (Wildman–Crippen MR) is 103 cm³/mol. The Morgan fingerprint density at radius 1 is 1.27 bits per heavy atom. The molecule has 0 radical (unpaired) electrons. The van der Waals surface area contributed by atoms with E-state index in [2.05, 4.69) is 10.3 Å². The summed E-state index contributed by atoms with van der Waals surface area (Å²) in [6.07, 6.45) is 2.19. The molecule has 0 saturated carbocycles. The van der Waals surface area contributed by atoms with Gasteiger partial charge in [-0.2, -0.15) is 0 Å². The van der Waals surface area contributed by atoms with Crippen LogP contribution in [-0.4, -0.2) is 29.2 Å². The van der Waals surface area contributed by atoms with Crippen molar-refractivity contribution in [2.75, 3.05) is 7.11 Å². The van der Waals surface area contributed by atoms with Gasteiger partial charge in [-0.1, -0.05) is 41.4 Å². The van der Waals surface area contributed by atoms with E-state index in [-0.39, 0.29) is 6.54 Å². The number of hydrogen-bond donors (Lipinski definition) is 3. The highest BCUT2D eigenvalue weighted by Crippen LogP contribution is 2.32. The standard InChI is InChI=1S/C19H18Cl2N2O3/c1-26-18-12(6-13(20)8-15(18)21)10-23-17(19(24)25)7-11-9-22-16-5-3-2-4-14(11)16/h2-6,8-9,17,22-23H,7,10H2,1H3,(H,24,25)/t17-/m0/s1. The number of aliphatic carboxylic acids is 1. The molecule has 2 aromatic carbocycles. The molecule has 5 nitrogen and oxygen atoms in total. The van der Waals surface area contributed by atoms with Crippen molar-refractivity contribution in [3.63, 3.8) is 0 Å². The summed E-state index contributed by atoms with van der Waals surface area (Å²) < 4.78 is 5.30. The summed E-state index contributed by atoms with van der Waals surface area (Å²) in [5.41, 5.74) is 2.63. The number of rotatable bonds is 7. The first kappa shape index (κ1) is 18.6. The van der Waals surface area contributed by atoms with Crippen LogP contribution in [0.2, 0.25) is 10.0 Å². The molecule has 7 heteroatoms. The van der Waals surface area contributed by atoms with Crippen molar-refractivity contribution >= 4 is 40.1 Å². The lowest BCUT2D eigenvalue weighted by molar-refractivity contribution is -0.139. The van der Waals surface area contributed by atoms with Crippen LogP contribution in [0.1, 0.15) is 11.1 Å². The molecular formula is C19H18Cl2N2O3. The van der Waals surface area contributed by atoms with Crippen LogP contribution in [0.4, 0.5) is 0 Å². The lowest BCUT2D eigenvalue weighted by atomic mass is 10.0. The van der Waals surface area contributed by atoms with E-state index in [1.165, 1.54) is 7.11 Å². The first-order valence-corrected chi connectivity index (χ1v) is 8.78. The van der Waals surface area contributed by atoms with Gasteiger partial charge < -0.3 is 14.8 Å². The van der Waals surface area contributed by atoms with E-state index >= 15 is 0 Å². The zero-order valence-electron chi connectivity index (χ0n) is 14.1. The molecule has 1 aromatic heterocycles. The van der Waals surface area contributed by atoms with E-state index in [1.54, 1.807) is 12.1 Å². The Bertz CT molecular complexity index is 940. The molecule has 0 spiro atoms. The van der Waals surface area contributed by atoms with Crippen molar-refractivity contribution in [1.29, 1.82) is 0 Å². The molecule has 0 amide bonds. The average molecular weight is 393 g/mol. The van der Waals surface area contributed by atoms with Crippen LogP contribution < -0.4 is 10.1 Å². The Balaban J connectivity index is 1.79. The number of halogens is 2. The maximum Gasteiger partial charge on any atom is 0.321 e. The van der Waals surface area contributed by atoms with Gasteiger partial charge in [-0.15, -0.1) is 0 Å². The topological polar surface area (TPSA) is 74.3 Å². The number of para-hydroxylation sites is 1. The molecule has 0 fully saturated rings. The number of carboxylic acid groups (broad SMARTS) is 1. The highest BCUT2D eigenvalue weighted by molar-refractivity contribution is 6.35. The third kappa shape index (κ3) is 3.96. The molecule has 0 saturated heterocycles. The van der Waals surface area contributed by atoms with Crippen molar-refractivity contribution in [2.45, 2.75) is 19.0 Å². The highest BCUT2D eigenvalue weighted by Gasteiger charge is 2.20. The van der Waals surface area contributed by atoms with Crippen molar-refractivity contribution in [2.24, 2.45) is 0 Å². The largest absolute Gasteiger partial charge is 0.495 e. The minimum atomic E-state index is -0.928. The molecule has 3 aromatic rings. The Morgan fingerprint density at radius 2 is 2.04 bits per heavy atom. The Hall–Kier alpha value is -2.21. The number of methoxy groups -OCH3 is 1. The van der Waals surface area contributed by atoms with E-state index in [0.717, 1.165) is 16.5 Å². The van der Waals surface area contributed by atoms with E-state index < -0.39 is 12.0 Å². The Labute approximate surface area is 160 Å². The van der Waals surface area contributed by atoms with Gasteiger partial charge in [0.15, 0.2) is 0 Å². The summed E-state index contributed by atoms with van der Waals surface area (Å²) in [7, 11) is 1.51. The van der Waals surface area contributed by atoms with Gasteiger partial charge in [0.05, 0.1) is 12.1 Å². The molecule has 1 atom stereocenters. The number of aromatic amines is 1. The maximum absolute atomic E-state index is 11.7. The summed E-state index contributed by atoms with van der Waals surface area (Å²) in [4.78, 5) is 14.9. The second-order valence-corrected chi connectivity index (χ2v) is 6.76. The second kappa shape index (κ2) is 7.99. The van der Waals surface area contributed by atoms with Crippen molar-refractivity contribution in [3.8, 4) is 5.75 Å². The van der Waals surface area contributed by atoms with Gasteiger partial charge in [0.1, 0.15) is 11.8 Å². The maximum atomic E-state index is 11.7. The van der Waals surface area contributed by atoms with Crippen molar-refractivity contribution < 1.29 is 14.6 Å². The number of nitrogens with one attached hydrogen (secondary N) is 2. The molecule has 0 aliphatic carbocycles. The third-order valence-corrected chi connectivity index (χ3v) is 4.72. The van der Waals surface area contributed by atoms with E-state index in [1.807, 2.05) is 30.5 Å². The highest BCUT2D eigenvalue weighted by atomic mass is 35.5. The van der Waals surface area contributed by atoms with E-state index in [4.69, 9.17) is 27.9 Å². The molecule has 3 rings (SSSR count). The zero-order valence-corrected chi connectivity index (χ0v) is 15.6. The van der Waals surface area contributed by atoms with Crippen LogP contribution in [0.5, 0.6) is 5.75 Å². The summed E-state index contributed by atoms with van der Waals surface area (Å²) in [5, 5.41) is 14.5. The number of ether oxygens (including phenoxy) is 1. The zero-order chi connectivity index (χ0) is 18.7. The molecule has 26 heavy (non-hydrogen) atoms. The van der Waals surface area contributed by atoms with Gasteiger partial charge in [-0.3, -0.25) is 10.1 Å². The smallest absolute Gasteiger partial charge is 0.321 e. The number of hydrogen-bond acceptors (Lipinski definition) is 3. The van der Waals surface area contributed by atoms with Crippen LogP contribution in [0.25, 0.3) is 10.9 Å². The first-order chi connectivity index (χ1) is 12.5. The second-order valence-electron chi connectivity index (χ2n) is 5.92. The molecular weight excluding hydrogens is 375 g/mol. The fraction of sp³-hybridized carbons (Fsp3) is 0.211. The van der Waals surface area contributed by atoms with E-state index in [0.29, 0.717) is 27.8 Å². The summed E-state index contributed by atoms with van der Waals surface area (Å²) in [6, 6.07) is 10.3. The quantitative estimate of drug-likeness (QED) is 0.561. The van der Waals surface area contributed by atoms with Gasteiger partial charge in [-0.05, 0) is 23.8 Å². The van der Waals surface area contributed by atoms with Gasteiger partial charge >= 0.3 is 5.97 Å². The number of H-pyrrole nitrogens is 1. The molecule has 3 N–H and O–H groups in total. The van der Waals surface area contributed by atoms with Crippen LogP contribution in [0.15, 0.2) is 42.6 Å². The fourth-order valence-corrected chi connectivity index (χ4v) is 3.59. The third-order valence-electron chi connectivity index (χ3n) is 4.23.